The molecule has 0 aromatic heterocycles. The molecule has 5 nitrogen and oxygen atoms in total. The number of nitrogens with two attached hydrogens (primary N) is 1. The third-order valence-electron chi connectivity index (χ3n) is 8.38. The Hall–Kier alpha value is -1.75. The molecule has 5 aliphatic carbocycles. The molecule has 5 fully saturated rings. The van der Waals surface area contributed by atoms with Crippen molar-refractivity contribution < 1.29 is 9.84 Å². The van der Waals surface area contributed by atoms with Crippen LogP contribution in [0.2, 0.25) is 0 Å². The fourth-order valence-corrected chi connectivity index (χ4v) is 8.01. The lowest BCUT2D eigenvalue weighted by molar-refractivity contribution is -0.123. The smallest absolute Gasteiger partial charge is 0.193 e. The summed E-state index contributed by atoms with van der Waals surface area (Å²) in [5.74, 6) is 7.18. The van der Waals surface area contributed by atoms with E-state index >= 15 is 0 Å². The Morgan fingerprint density at radius 3 is 2.64 bits per heavy atom. The van der Waals surface area contributed by atoms with Gasteiger partial charge in [-0.2, -0.15) is 0 Å². The zero-order valence-corrected chi connectivity index (χ0v) is 14.4. The maximum Gasteiger partial charge on any atom is 0.193 e. The predicted molar refractivity (Wildman–Crippen MR) is 95.2 cm³/mol. The monoisotopic (exact) mass is 339 g/mol. The highest BCUT2D eigenvalue weighted by molar-refractivity contribution is 5.92. The number of aliphatic imine (C=N–C) groups is 1. The summed E-state index contributed by atoms with van der Waals surface area (Å²) in [7, 11) is 1.65. The lowest BCUT2D eigenvalue weighted by atomic mass is 9.56. The van der Waals surface area contributed by atoms with E-state index in [4.69, 9.17) is 10.5 Å². The van der Waals surface area contributed by atoms with Crippen LogP contribution in [0.4, 0.5) is 5.69 Å². The molecule has 0 saturated heterocycles. The highest BCUT2D eigenvalue weighted by Gasteiger charge is 2.84. The van der Waals surface area contributed by atoms with Crippen LogP contribution in [0.3, 0.4) is 0 Å². The van der Waals surface area contributed by atoms with Crippen LogP contribution >= 0.6 is 0 Å². The number of fused-ring (bicyclic) bond motifs is 2. The number of nitrogens with one attached hydrogen (secondary N) is 1. The van der Waals surface area contributed by atoms with Crippen LogP contribution in [0.5, 0.6) is 5.75 Å². The molecule has 9 unspecified atom stereocenters. The predicted octanol–water partition coefficient (Wildman–Crippen LogP) is 1.93. The Balaban J connectivity index is 1.20. The Morgan fingerprint density at radius 2 is 1.88 bits per heavy atom. The molecule has 4 N–H and O–H groups in total. The molecule has 9 atom stereocenters. The molecule has 1 aromatic carbocycles. The SMILES string of the molecule is COc1ccc(NC(N)=NCC2(O)C3C4CC5C6C4CC3C6C52)cc1. The maximum absolute atomic E-state index is 11.5. The number of hydrogen-bond donors (Lipinski definition) is 3. The van der Waals surface area contributed by atoms with E-state index in [1.54, 1.807) is 7.11 Å². The number of guanidine groups is 1. The van der Waals surface area contributed by atoms with Crippen LogP contribution in [0, 0.1) is 47.3 Å². The minimum Gasteiger partial charge on any atom is -0.497 e. The molecule has 0 amide bonds. The average Bonchev–Trinajstić information content (AvgIpc) is 3.13. The van der Waals surface area contributed by atoms with Gasteiger partial charge in [0.1, 0.15) is 5.75 Å². The summed E-state index contributed by atoms with van der Waals surface area (Å²) in [5.41, 5.74) is 6.38. The van der Waals surface area contributed by atoms with Crippen molar-refractivity contribution >= 4 is 11.6 Å². The lowest BCUT2D eigenvalue weighted by Gasteiger charge is -2.51. The van der Waals surface area contributed by atoms with Crippen LogP contribution in [-0.2, 0) is 0 Å². The van der Waals surface area contributed by atoms with E-state index < -0.39 is 5.60 Å². The summed E-state index contributed by atoms with van der Waals surface area (Å²) in [6.07, 6.45) is 2.76. The van der Waals surface area contributed by atoms with Crippen LogP contribution in [0.15, 0.2) is 29.3 Å². The number of ether oxygens (including phenoxy) is 1. The third kappa shape index (κ3) is 1.57. The molecule has 5 saturated carbocycles. The first-order valence-electron chi connectivity index (χ1n) is 9.55. The number of aliphatic hydroxyl groups is 1. The molecule has 132 valence electrons. The second-order valence-corrected chi connectivity index (χ2v) is 8.88. The molecule has 5 aliphatic rings. The number of anilines is 1. The number of benzene rings is 1. The van der Waals surface area contributed by atoms with Gasteiger partial charge in [0.05, 0.1) is 19.3 Å². The van der Waals surface area contributed by atoms with E-state index in [0.29, 0.717) is 24.3 Å². The van der Waals surface area contributed by atoms with Gasteiger partial charge in [-0.05, 0) is 84.5 Å². The van der Waals surface area contributed by atoms with Crippen LogP contribution in [-0.4, -0.2) is 30.3 Å². The molecular weight excluding hydrogens is 314 g/mol. The number of rotatable bonds is 4. The minimum atomic E-state index is -0.600. The average molecular weight is 339 g/mol. The van der Waals surface area contributed by atoms with Gasteiger partial charge in [-0.25, -0.2) is 0 Å². The molecule has 0 radical (unpaired) electrons. The first kappa shape index (κ1) is 14.4. The van der Waals surface area contributed by atoms with Crippen LogP contribution < -0.4 is 15.8 Å². The fraction of sp³-hybridized carbons (Fsp3) is 0.650. The van der Waals surface area contributed by atoms with E-state index in [9.17, 15) is 5.11 Å². The van der Waals surface area contributed by atoms with E-state index in [1.807, 2.05) is 24.3 Å². The zero-order chi connectivity index (χ0) is 16.9. The molecule has 0 heterocycles. The zero-order valence-electron chi connectivity index (χ0n) is 14.4. The van der Waals surface area contributed by atoms with Crippen molar-refractivity contribution in [2.24, 2.45) is 58.1 Å². The maximum atomic E-state index is 11.5. The molecule has 2 bridgehead atoms. The summed E-state index contributed by atoms with van der Waals surface area (Å²) < 4.78 is 5.16. The number of hydrogen-bond acceptors (Lipinski definition) is 3. The minimum absolute atomic E-state index is 0.386. The third-order valence-corrected chi connectivity index (χ3v) is 8.38. The van der Waals surface area contributed by atoms with Gasteiger partial charge in [-0.3, -0.25) is 4.99 Å². The topological polar surface area (TPSA) is 79.9 Å². The second kappa shape index (κ2) is 4.50. The summed E-state index contributed by atoms with van der Waals surface area (Å²) in [6.45, 7) is 0.455. The molecule has 25 heavy (non-hydrogen) atoms. The molecule has 6 rings (SSSR count). The van der Waals surface area contributed by atoms with Crippen molar-refractivity contribution in [3.05, 3.63) is 24.3 Å². The molecule has 0 aliphatic heterocycles. The van der Waals surface area contributed by atoms with Gasteiger partial charge in [0.2, 0.25) is 0 Å². The quantitative estimate of drug-likeness (QED) is 0.578. The Kier molecular flexibility index (Phi) is 2.60. The van der Waals surface area contributed by atoms with E-state index in [0.717, 1.165) is 46.9 Å². The van der Waals surface area contributed by atoms with E-state index in [-0.39, 0.29) is 0 Å². The van der Waals surface area contributed by atoms with Crippen molar-refractivity contribution in [3.63, 3.8) is 0 Å². The van der Waals surface area contributed by atoms with Crippen LogP contribution in [0.25, 0.3) is 0 Å². The van der Waals surface area contributed by atoms with E-state index in [1.165, 1.54) is 12.8 Å². The van der Waals surface area contributed by atoms with Crippen LogP contribution in [0.1, 0.15) is 12.8 Å². The summed E-state index contributed by atoms with van der Waals surface area (Å²) in [4.78, 5) is 4.56. The molecular formula is C20H25N3O2. The van der Waals surface area contributed by atoms with Crippen molar-refractivity contribution in [2.45, 2.75) is 18.4 Å². The first-order chi connectivity index (χ1) is 12.1. The van der Waals surface area contributed by atoms with Crippen molar-refractivity contribution in [1.29, 1.82) is 0 Å². The highest BCUT2D eigenvalue weighted by atomic mass is 16.5. The van der Waals surface area contributed by atoms with Gasteiger partial charge < -0.3 is 20.9 Å². The second-order valence-electron chi connectivity index (χ2n) is 8.88. The molecule has 5 heteroatoms. The van der Waals surface area contributed by atoms with Gasteiger partial charge >= 0.3 is 0 Å². The highest BCUT2D eigenvalue weighted by Crippen LogP contribution is 2.85. The van der Waals surface area contributed by atoms with Gasteiger partial charge in [-0.1, -0.05) is 0 Å². The Morgan fingerprint density at radius 1 is 1.16 bits per heavy atom. The Labute approximate surface area is 147 Å². The molecule has 1 aromatic rings. The van der Waals surface area contributed by atoms with Crippen molar-refractivity contribution in [3.8, 4) is 5.75 Å². The Bertz CT molecular complexity index is 757. The first-order valence-corrected chi connectivity index (χ1v) is 9.55. The van der Waals surface area contributed by atoms with E-state index in [2.05, 4.69) is 10.3 Å². The number of nitrogens with zero attached hydrogens (tertiary/aromatic N) is 1. The normalized spacial score (nSPS) is 50.4. The fourth-order valence-electron chi connectivity index (χ4n) is 8.01. The summed E-state index contributed by atoms with van der Waals surface area (Å²) >= 11 is 0. The van der Waals surface area contributed by atoms with Crippen molar-refractivity contribution in [2.75, 3.05) is 19.0 Å². The largest absolute Gasteiger partial charge is 0.497 e. The number of methoxy groups -OCH3 is 1. The summed E-state index contributed by atoms with van der Waals surface area (Å²) in [5, 5.41) is 14.7. The standard InChI is InChI=1S/C20H25N3O2/c1-25-10-4-2-9(3-5-10)23-19(21)22-8-20(24)17-12-7-13-15-11(12)6-14(17)16(15)18(13)20/h2-5,11-18,24H,6-8H2,1H3,(H3,21,22,23). The summed E-state index contributed by atoms with van der Waals surface area (Å²) in [6, 6.07) is 7.61. The van der Waals surface area contributed by atoms with Gasteiger partial charge in [0.15, 0.2) is 5.96 Å². The lowest BCUT2D eigenvalue weighted by Crippen LogP contribution is -2.56. The van der Waals surface area contributed by atoms with Crippen molar-refractivity contribution in [1.82, 2.24) is 0 Å². The molecule has 0 spiro atoms. The van der Waals surface area contributed by atoms with Gasteiger partial charge in [0.25, 0.3) is 0 Å². The van der Waals surface area contributed by atoms with Gasteiger partial charge in [0, 0.05) is 5.69 Å². The van der Waals surface area contributed by atoms with Gasteiger partial charge in [-0.15, -0.1) is 0 Å².